The van der Waals surface area contributed by atoms with Crippen LogP contribution in [0.1, 0.15) is 48.5 Å². The Kier molecular flexibility index (Phi) is 5.82. The molecule has 1 amide bonds. The Balaban J connectivity index is 1.93. The first-order valence-corrected chi connectivity index (χ1v) is 8.66. The minimum absolute atomic E-state index is 0.225. The highest BCUT2D eigenvalue weighted by Gasteiger charge is 2.52. The second kappa shape index (κ2) is 7.40. The van der Waals surface area contributed by atoms with Gasteiger partial charge in [0.25, 0.3) is 0 Å². The van der Waals surface area contributed by atoms with Crippen molar-refractivity contribution in [3.63, 3.8) is 0 Å². The fourth-order valence-corrected chi connectivity index (χ4v) is 2.20. The zero-order valence-corrected chi connectivity index (χ0v) is 16.6. The van der Waals surface area contributed by atoms with Crippen molar-refractivity contribution in [1.82, 2.24) is 15.3 Å². The van der Waals surface area contributed by atoms with Crippen LogP contribution in [-0.2, 0) is 14.0 Å². The monoisotopic (exact) mass is 365 g/mol. The largest absolute Gasteiger partial charge is 0.502 e. The maximum atomic E-state index is 11.6. The fourth-order valence-electron chi connectivity index (χ4n) is 2.20. The van der Waals surface area contributed by atoms with Gasteiger partial charge < -0.3 is 24.1 Å². The van der Waals surface area contributed by atoms with E-state index in [1.165, 1.54) is 6.33 Å². The third kappa shape index (κ3) is 5.08. The van der Waals surface area contributed by atoms with E-state index >= 15 is 0 Å². The average molecular weight is 365 g/mol. The van der Waals surface area contributed by atoms with Crippen molar-refractivity contribution in [1.29, 1.82) is 0 Å². The molecule has 8 nitrogen and oxygen atoms in total. The molecule has 1 aliphatic heterocycles. The summed E-state index contributed by atoms with van der Waals surface area (Å²) < 4.78 is 22.9. The molecule has 144 valence electrons. The van der Waals surface area contributed by atoms with E-state index in [-0.39, 0.29) is 13.2 Å². The summed E-state index contributed by atoms with van der Waals surface area (Å²) in [4.78, 5) is 19.8. The number of alkyl carbamates (subject to hydrolysis) is 1. The maximum absolute atomic E-state index is 11.6. The Bertz CT molecular complexity index is 630. The molecular formula is C17H28BN3O5. The van der Waals surface area contributed by atoms with Crippen molar-refractivity contribution in [2.45, 2.75) is 65.3 Å². The molecule has 1 aromatic rings. The first kappa shape index (κ1) is 20.4. The van der Waals surface area contributed by atoms with Crippen molar-refractivity contribution in [2.24, 2.45) is 0 Å². The first-order valence-electron chi connectivity index (χ1n) is 8.66. The van der Waals surface area contributed by atoms with Gasteiger partial charge in [-0.2, -0.15) is 0 Å². The number of rotatable bonds is 5. The summed E-state index contributed by atoms with van der Waals surface area (Å²) >= 11 is 0. The van der Waals surface area contributed by atoms with Crippen molar-refractivity contribution >= 4 is 18.7 Å². The van der Waals surface area contributed by atoms with E-state index in [2.05, 4.69) is 15.3 Å². The summed E-state index contributed by atoms with van der Waals surface area (Å²) in [6.07, 6.45) is 2.52. The van der Waals surface area contributed by atoms with Crippen LogP contribution in [0, 0.1) is 0 Å². The van der Waals surface area contributed by atoms with Gasteiger partial charge in [-0.25, -0.2) is 14.8 Å². The molecular weight excluding hydrogens is 337 g/mol. The molecule has 0 spiro atoms. The summed E-state index contributed by atoms with van der Waals surface area (Å²) in [5.41, 5.74) is -0.864. The van der Waals surface area contributed by atoms with Gasteiger partial charge >= 0.3 is 13.2 Å². The van der Waals surface area contributed by atoms with E-state index in [1.807, 2.05) is 27.7 Å². The number of carbonyl (C=O) groups is 1. The molecule has 1 aromatic heterocycles. The molecule has 2 rings (SSSR count). The van der Waals surface area contributed by atoms with Crippen molar-refractivity contribution in [3.8, 4) is 5.88 Å². The predicted molar refractivity (Wildman–Crippen MR) is 97.5 cm³/mol. The molecule has 0 aliphatic carbocycles. The van der Waals surface area contributed by atoms with Crippen molar-refractivity contribution < 1.29 is 23.6 Å². The van der Waals surface area contributed by atoms with Crippen LogP contribution in [-0.4, -0.2) is 53.1 Å². The zero-order valence-electron chi connectivity index (χ0n) is 16.6. The second-order valence-electron chi connectivity index (χ2n) is 8.15. The first-order chi connectivity index (χ1) is 11.9. The molecule has 0 atom stereocenters. The molecule has 2 heterocycles. The lowest BCUT2D eigenvalue weighted by Gasteiger charge is -2.32. The molecule has 26 heavy (non-hydrogen) atoms. The van der Waals surface area contributed by atoms with Crippen LogP contribution in [0.25, 0.3) is 0 Å². The number of carbonyl (C=O) groups excluding carboxylic acids is 1. The summed E-state index contributed by atoms with van der Waals surface area (Å²) in [6.45, 7) is 13.8. The molecule has 1 saturated heterocycles. The second-order valence-corrected chi connectivity index (χ2v) is 8.15. The Morgan fingerprint density at radius 3 is 2.42 bits per heavy atom. The zero-order chi connectivity index (χ0) is 19.6. The number of amides is 1. The Labute approximate surface area is 155 Å². The van der Waals surface area contributed by atoms with E-state index < -0.39 is 30.0 Å². The summed E-state index contributed by atoms with van der Waals surface area (Å²) in [6, 6.07) is 0. The van der Waals surface area contributed by atoms with Gasteiger partial charge in [0.15, 0.2) is 0 Å². The van der Waals surface area contributed by atoms with Gasteiger partial charge in [0.1, 0.15) is 18.5 Å². The number of ether oxygens (including phenoxy) is 2. The number of hydrogen-bond donors (Lipinski definition) is 1. The van der Waals surface area contributed by atoms with Crippen LogP contribution in [0.15, 0.2) is 12.5 Å². The third-order valence-corrected chi connectivity index (χ3v) is 4.22. The van der Waals surface area contributed by atoms with Gasteiger partial charge in [0.2, 0.25) is 5.88 Å². The Hall–Kier alpha value is -1.87. The van der Waals surface area contributed by atoms with E-state index in [9.17, 15) is 4.79 Å². The lowest BCUT2D eigenvalue weighted by Crippen LogP contribution is -2.41. The lowest BCUT2D eigenvalue weighted by atomic mass is 9.81. The SMILES string of the molecule is CC(C)(C)OC(=O)NCCOc1ncncc1B1OC(C)(C)C(C)(C)O1. The molecule has 0 aromatic carbocycles. The summed E-state index contributed by atoms with van der Waals surface area (Å²) in [5.74, 6) is 0.365. The smallest absolute Gasteiger partial charge is 0.476 e. The van der Waals surface area contributed by atoms with Gasteiger partial charge in [-0.05, 0) is 48.5 Å². The van der Waals surface area contributed by atoms with Crippen LogP contribution < -0.4 is 15.5 Å². The van der Waals surface area contributed by atoms with Crippen LogP contribution >= 0.6 is 0 Å². The van der Waals surface area contributed by atoms with Crippen molar-refractivity contribution in [3.05, 3.63) is 12.5 Å². The van der Waals surface area contributed by atoms with Crippen LogP contribution in [0.2, 0.25) is 0 Å². The van der Waals surface area contributed by atoms with Crippen LogP contribution in [0.4, 0.5) is 4.79 Å². The van der Waals surface area contributed by atoms with Gasteiger partial charge in [0, 0.05) is 6.20 Å². The summed E-state index contributed by atoms with van der Waals surface area (Å²) in [5, 5.41) is 2.63. The van der Waals surface area contributed by atoms with Gasteiger partial charge in [-0.1, -0.05) is 0 Å². The molecule has 9 heteroatoms. The number of hydrogen-bond acceptors (Lipinski definition) is 7. The predicted octanol–water partition coefficient (Wildman–Crippen LogP) is 1.68. The molecule has 0 unspecified atom stereocenters. The van der Waals surface area contributed by atoms with Gasteiger partial charge in [0.05, 0.1) is 23.2 Å². The van der Waals surface area contributed by atoms with Crippen LogP contribution in [0.5, 0.6) is 5.88 Å². The highest BCUT2D eigenvalue weighted by atomic mass is 16.7. The standard InChI is InChI=1S/C17H28BN3O5/c1-15(2,3)24-14(22)20-8-9-23-13-12(10-19-11-21-13)18-25-16(4,5)17(6,7)26-18/h10-11H,8-9H2,1-7H3,(H,20,22). The van der Waals surface area contributed by atoms with Gasteiger partial charge in [-0.3, -0.25) is 0 Å². The highest BCUT2D eigenvalue weighted by Crippen LogP contribution is 2.36. The maximum Gasteiger partial charge on any atom is 0.502 e. The molecule has 0 radical (unpaired) electrons. The Morgan fingerprint density at radius 2 is 1.85 bits per heavy atom. The minimum Gasteiger partial charge on any atom is -0.476 e. The number of aromatic nitrogens is 2. The van der Waals surface area contributed by atoms with Gasteiger partial charge in [-0.15, -0.1) is 0 Å². The quantitative estimate of drug-likeness (QED) is 0.627. The fraction of sp³-hybridized carbons (Fsp3) is 0.706. The summed E-state index contributed by atoms with van der Waals surface area (Å²) in [7, 11) is -0.616. The molecule has 1 N–H and O–H groups in total. The molecule has 0 bridgehead atoms. The topological polar surface area (TPSA) is 91.8 Å². The average Bonchev–Trinajstić information content (AvgIpc) is 2.70. The van der Waals surface area contributed by atoms with E-state index in [4.69, 9.17) is 18.8 Å². The van der Waals surface area contributed by atoms with Crippen molar-refractivity contribution in [2.75, 3.05) is 13.2 Å². The Morgan fingerprint density at radius 1 is 1.23 bits per heavy atom. The van der Waals surface area contributed by atoms with Crippen LogP contribution in [0.3, 0.4) is 0 Å². The van der Waals surface area contributed by atoms with E-state index in [0.29, 0.717) is 11.3 Å². The molecule has 1 aliphatic rings. The lowest BCUT2D eigenvalue weighted by molar-refractivity contribution is 0.00578. The number of nitrogens with one attached hydrogen (secondary N) is 1. The minimum atomic E-state index is -0.616. The van der Waals surface area contributed by atoms with E-state index in [1.54, 1.807) is 27.0 Å². The number of nitrogens with zero attached hydrogens (tertiary/aromatic N) is 2. The van der Waals surface area contributed by atoms with E-state index in [0.717, 1.165) is 0 Å². The molecule has 1 fully saturated rings. The third-order valence-electron chi connectivity index (χ3n) is 4.22. The molecule has 0 saturated carbocycles. The normalized spacial score (nSPS) is 18.5. The highest BCUT2D eigenvalue weighted by molar-refractivity contribution is 6.62.